The monoisotopic (exact) mass is 457 g/mol. The SMILES string of the molecule is CCNc1nc(C)cc(Nc2ccc(NC(=O)c3cc(-c4cccc(OC)c4)nn3C)cc2)n1. The van der Waals surface area contributed by atoms with Crippen LogP contribution < -0.4 is 20.7 Å². The number of carbonyl (C=O) groups is 1. The molecule has 2 heterocycles. The maximum Gasteiger partial charge on any atom is 0.273 e. The van der Waals surface area contributed by atoms with Crippen molar-refractivity contribution in [2.75, 3.05) is 29.6 Å². The minimum atomic E-state index is -0.244. The van der Waals surface area contributed by atoms with Crippen molar-refractivity contribution in [1.29, 1.82) is 0 Å². The van der Waals surface area contributed by atoms with Crippen LogP contribution in [-0.2, 0) is 7.05 Å². The molecule has 0 aliphatic heterocycles. The van der Waals surface area contributed by atoms with E-state index in [2.05, 4.69) is 31.0 Å². The van der Waals surface area contributed by atoms with Gasteiger partial charge in [-0.05, 0) is 56.3 Å². The average molecular weight is 458 g/mol. The fraction of sp³-hybridized carbons (Fsp3) is 0.200. The van der Waals surface area contributed by atoms with Crippen LogP contribution >= 0.6 is 0 Å². The molecule has 4 rings (SSSR count). The first-order valence-corrected chi connectivity index (χ1v) is 10.9. The van der Waals surface area contributed by atoms with Crippen LogP contribution in [0.5, 0.6) is 5.75 Å². The summed E-state index contributed by atoms with van der Waals surface area (Å²) >= 11 is 0. The van der Waals surface area contributed by atoms with Gasteiger partial charge in [0.25, 0.3) is 5.91 Å². The Labute approximate surface area is 198 Å². The molecule has 1 amide bonds. The molecule has 0 atom stereocenters. The lowest BCUT2D eigenvalue weighted by molar-refractivity contribution is 0.101. The van der Waals surface area contributed by atoms with Gasteiger partial charge in [0, 0.05) is 42.3 Å². The second-order valence-corrected chi connectivity index (χ2v) is 7.68. The van der Waals surface area contributed by atoms with Crippen molar-refractivity contribution in [1.82, 2.24) is 19.7 Å². The van der Waals surface area contributed by atoms with Crippen molar-refractivity contribution in [2.24, 2.45) is 7.05 Å². The lowest BCUT2D eigenvalue weighted by Gasteiger charge is -2.10. The Kier molecular flexibility index (Phi) is 6.72. The highest BCUT2D eigenvalue weighted by Gasteiger charge is 2.15. The third-order valence-electron chi connectivity index (χ3n) is 5.08. The zero-order valence-corrected chi connectivity index (χ0v) is 19.6. The average Bonchev–Trinajstić information content (AvgIpc) is 3.22. The van der Waals surface area contributed by atoms with Crippen molar-refractivity contribution in [3.05, 3.63) is 72.1 Å². The van der Waals surface area contributed by atoms with E-state index in [1.54, 1.807) is 24.9 Å². The van der Waals surface area contributed by atoms with Gasteiger partial charge < -0.3 is 20.7 Å². The Morgan fingerprint density at radius 2 is 1.79 bits per heavy atom. The third-order valence-corrected chi connectivity index (χ3v) is 5.08. The maximum absolute atomic E-state index is 12.9. The van der Waals surface area contributed by atoms with Crippen LogP contribution in [0.4, 0.5) is 23.1 Å². The normalized spacial score (nSPS) is 10.6. The minimum absolute atomic E-state index is 0.244. The van der Waals surface area contributed by atoms with E-state index in [1.165, 1.54) is 0 Å². The molecular formula is C25H27N7O2. The minimum Gasteiger partial charge on any atom is -0.497 e. The molecule has 0 fully saturated rings. The summed E-state index contributed by atoms with van der Waals surface area (Å²) in [5.41, 5.74) is 4.41. The largest absolute Gasteiger partial charge is 0.497 e. The molecule has 9 nitrogen and oxygen atoms in total. The van der Waals surface area contributed by atoms with Crippen molar-refractivity contribution in [2.45, 2.75) is 13.8 Å². The van der Waals surface area contributed by atoms with Crippen LogP contribution in [0.1, 0.15) is 23.1 Å². The first kappa shape index (κ1) is 22.8. The molecule has 0 radical (unpaired) electrons. The molecule has 2 aromatic heterocycles. The van der Waals surface area contributed by atoms with E-state index in [1.807, 2.05) is 68.4 Å². The van der Waals surface area contributed by atoms with E-state index in [0.29, 0.717) is 28.8 Å². The molecule has 0 spiro atoms. The highest BCUT2D eigenvalue weighted by Crippen LogP contribution is 2.24. The quantitative estimate of drug-likeness (QED) is 0.354. The van der Waals surface area contributed by atoms with E-state index in [4.69, 9.17) is 4.74 Å². The molecule has 0 bridgehead atoms. The standard InChI is InChI=1S/C25H27N7O2/c1-5-26-25-27-16(2)13-23(30-25)28-18-9-11-19(12-10-18)29-24(33)22-15-21(31-32(22)3)17-7-6-8-20(14-17)34-4/h6-15H,5H2,1-4H3,(H,29,33)(H2,26,27,28,30). The number of amides is 1. The van der Waals surface area contributed by atoms with Gasteiger partial charge in [-0.2, -0.15) is 10.1 Å². The number of hydrogen-bond donors (Lipinski definition) is 3. The molecule has 0 unspecified atom stereocenters. The number of ether oxygens (including phenoxy) is 1. The van der Waals surface area contributed by atoms with E-state index >= 15 is 0 Å². The number of aromatic nitrogens is 4. The Morgan fingerprint density at radius 3 is 2.53 bits per heavy atom. The smallest absolute Gasteiger partial charge is 0.273 e. The van der Waals surface area contributed by atoms with E-state index < -0.39 is 0 Å². The Morgan fingerprint density at radius 1 is 1.03 bits per heavy atom. The number of anilines is 4. The van der Waals surface area contributed by atoms with E-state index in [0.717, 1.165) is 29.2 Å². The number of aryl methyl sites for hydroxylation is 2. The summed E-state index contributed by atoms with van der Waals surface area (Å²) in [6, 6.07) is 18.6. The summed E-state index contributed by atoms with van der Waals surface area (Å²) in [5.74, 6) is 1.77. The number of methoxy groups -OCH3 is 1. The summed E-state index contributed by atoms with van der Waals surface area (Å²) in [4.78, 5) is 21.7. The molecule has 9 heteroatoms. The highest BCUT2D eigenvalue weighted by molar-refractivity contribution is 6.03. The van der Waals surface area contributed by atoms with Crippen molar-refractivity contribution >= 4 is 29.0 Å². The summed E-state index contributed by atoms with van der Waals surface area (Å²) in [6.45, 7) is 4.66. The molecule has 2 aromatic carbocycles. The molecular weight excluding hydrogens is 430 g/mol. The summed E-state index contributed by atoms with van der Waals surface area (Å²) < 4.78 is 6.85. The second-order valence-electron chi connectivity index (χ2n) is 7.68. The lowest BCUT2D eigenvalue weighted by atomic mass is 10.1. The summed E-state index contributed by atoms with van der Waals surface area (Å²) in [7, 11) is 3.36. The van der Waals surface area contributed by atoms with Crippen LogP contribution in [0.25, 0.3) is 11.3 Å². The van der Waals surface area contributed by atoms with E-state index in [-0.39, 0.29) is 5.91 Å². The third kappa shape index (κ3) is 5.32. The predicted octanol–water partition coefficient (Wildman–Crippen LogP) is 4.62. The predicted molar refractivity (Wildman–Crippen MR) is 134 cm³/mol. The second kappa shape index (κ2) is 10.0. The van der Waals surface area contributed by atoms with Crippen LogP contribution in [0.15, 0.2) is 60.7 Å². The van der Waals surface area contributed by atoms with Crippen LogP contribution in [0, 0.1) is 6.92 Å². The molecule has 34 heavy (non-hydrogen) atoms. The zero-order chi connectivity index (χ0) is 24.1. The molecule has 0 aliphatic rings. The molecule has 0 saturated carbocycles. The lowest BCUT2D eigenvalue weighted by Crippen LogP contribution is -2.16. The molecule has 3 N–H and O–H groups in total. The number of hydrogen-bond acceptors (Lipinski definition) is 7. The van der Waals surface area contributed by atoms with Gasteiger partial charge in [-0.15, -0.1) is 0 Å². The summed E-state index contributed by atoms with van der Waals surface area (Å²) in [5, 5.41) is 13.8. The number of rotatable bonds is 8. The molecule has 174 valence electrons. The molecule has 0 aliphatic carbocycles. The van der Waals surface area contributed by atoms with Crippen LogP contribution in [-0.4, -0.2) is 39.3 Å². The van der Waals surface area contributed by atoms with Gasteiger partial charge in [0.1, 0.15) is 17.3 Å². The number of nitrogens with zero attached hydrogens (tertiary/aromatic N) is 4. The summed E-state index contributed by atoms with van der Waals surface area (Å²) in [6.07, 6.45) is 0. The van der Waals surface area contributed by atoms with Gasteiger partial charge in [-0.3, -0.25) is 9.48 Å². The number of carbonyl (C=O) groups excluding carboxylic acids is 1. The van der Waals surface area contributed by atoms with Crippen molar-refractivity contribution < 1.29 is 9.53 Å². The van der Waals surface area contributed by atoms with Crippen LogP contribution in [0.2, 0.25) is 0 Å². The Hall–Kier alpha value is -4.40. The van der Waals surface area contributed by atoms with E-state index in [9.17, 15) is 4.79 Å². The Bertz CT molecular complexity index is 1300. The van der Waals surface area contributed by atoms with Gasteiger partial charge in [-0.1, -0.05) is 12.1 Å². The first-order valence-electron chi connectivity index (χ1n) is 10.9. The number of nitrogens with one attached hydrogen (secondary N) is 3. The van der Waals surface area contributed by atoms with Gasteiger partial charge in [0.05, 0.1) is 12.8 Å². The first-order chi connectivity index (χ1) is 16.4. The molecule has 4 aromatic rings. The highest BCUT2D eigenvalue weighted by atomic mass is 16.5. The van der Waals surface area contributed by atoms with Crippen LogP contribution in [0.3, 0.4) is 0 Å². The van der Waals surface area contributed by atoms with Crippen molar-refractivity contribution in [3.63, 3.8) is 0 Å². The Balaban J connectivity index is 1.45. The van der Waals surface area contributed by atoms with Gasteiger partial charge in [-0.25, -0.2) is 4.98 Å². The molecule has 0 saturated heterocycles. The van der Waals surface area contributed by atoms with Gasteiger partial charge in [0.15, 0.2) is 0 Å². The van der Waals surface area contributed by atoms with Crippen molar-refractivity contribution in [3.8, 4) is 17.0 Å². The zero-order valence-electron chi connectivity index (χ0n) is 19.6. The number of benzene rings is 2. The fourth-order valence-corrected chi connectivity index (χ4v) is 3.45. The maximum atomic E-state index is 12.9. The topological polar surface area (TPSA) is 106 Å². The van der Waals surface area contributed by atoms with Gasteiger partial charge >= 0.3 is 0 Å². The fourth-order valence-electron chi connectivity index (χ4n) is 3.45. The van der Waals surface area contributed by atoms with Gasteiger partial charge in [0.2, 0.25) is 5.95 Å².